The van der Waals surface area contributed by atoms with Gasteiger partial charge in [-0.15, -0.1) is 24.0 Å². The highest BCUT2D eigenvalue weighted by Crippen LogP contribution is 2.32. The van der Waals surface area contributed by atoms with E-state index in [0.29, 0.717) is 6.79 Å². The van der Waals surface area contributed by atoms with Crippen molar-refractivity contribution in [1.82, 2.24) is 15.5 Å². The molecule has 0 fully saturated rings. The molecule has 0 atom stereocenters. The van der Waals surface area contributed by atoms with Crippen LogP contribution in [0.15, 0.2) is 23.2 Å². The number of halogens is 1. The number of fused-ring (bicyclic) bond motifs is 1. The SMILES string of the molecule is CN=C(NCCCN(C)CCOC)NCCc1ccc2c(c1)OCO2.I. The summed E-state index contributed by atoms with van der Waals surface area (Å²) in [5, 5.41) is 6.69. The van der Waals surface area contributed by atoms with Crippen molar-refractivity contribution in [3.63, 3.8) is 0 Å². The van der Waals surface area contributed by atoms with Gasteiger partial charge in [0, 0.05) is 33.8 Å². The van der Waals surface area contributed by atoms with Gasteiger partial charge in [-0.1, -0.05) is 6.07 Å². The van der Waals surface area contributed by atoms with Crippen LogP contribution < -0.4 is 20.1 Å². The molecular weight excluding hydrogens is 447 g/mol. The minimum Gasteiger partial charge on any atom is -0.454 e. The number of ether oxygens (including phenoxy) is 3. The number of rotatable bonds is 10. The Morgan fingerprint density at radius 2 is 1.96 bits per heavy atom. The van der Waals surface area contributed by atoms with Crippen LogP contribution in [0.3, 0.4) is 0 Å². The Morgan fingerprint density at radius 3 is 2.73 bits per heavy atom. The number of hydrogen-bond acceptors (Lipinski definition) is 5. The Hall–Kier alpha value is -1.26. The molecule has 1 aromatic rings. The van der Waals surface area contributed by atoms with E-state index in [1.54, 1.807) is 14.2 Å². The fourth-order valence-electron chi connectivity index (χ4n) is 2.56. The van der Waals surface area contributed by atoms with Crippen LogP contribution in [0.5, 0.6) is 11.5 Å². The van der Waals surface area contributed by atoms with Crippen LogP contribution in [0.2, 0.25) is 0 Å². The molecule has 1 heterocycles. The molecule has 0 aromatic heterocycles. The third kappa shape index (κ3) is 7.96. The Balaban J connectivity index is 0.00000338. The van der Waals surface area contributed by atoms with E-state index in [2.05, 4.69) is 33.6 Å². The third-order valence-electron chi connectivity index (χ3n) is 4.05. The fraction of sp³-hybridized carbons (Fsp3) is 0.611. The maximum atomic E-state index is 5.41. The molecule has 0 saturated carbocycles. The number of nitrogens with zero attached hydrogens (tertiary/aromatic N) is 2. The van der Waals surface area contributed by atoms with Crippen molar-refractivity contribution in [2.24, 2.45) is 4.99 Å². The van der Waals surface area contributed by atoms with E-state index >= 15 is 0 Å². The summed E-state index contributed by atoms with van der Waals surface area (Å²) in [4.78, 5) is 6.52. The first kappa shape index (κ1) is 22.8. The molecule has 0 saturated heterocycles. The molecule has 148 valence electrons. The van der Waals surface area contributed by atoms with Crippen molar-refractivity contribution in [3.05, 3.63) is 23.8 Å². The molecule has 0 bridgehead atoms. The average Bonchev–Trinajstić information content (AvgIpc) is 3.09. The van der Waals surface area contributed by atoms with Crippen LogP contribution in [0.25, 0.3) is 0 Å². The van der Waals surface area contributed by atoms with E-state index in [0.717, 1.165) is 63.1 Å². The zero-order valence-electron chi connectivity index (χ0n) is 15.9. The van der Waals surface area contributed by atoms with Crippen LogP contribution in [0, 0.1) is 0 Å². The van der Waals surface area contributed by atoms with E-state index in [-0.39, 0.29) is 24.0 Å². The second-order valence-corrected chi connectivity index (χ2v) is 6.01. The topological polar surface area (TPSA) is 67.4 Å². The maximum Gasteiger partial charge on any atom is 0.231 e. The summed E-state index contributed by atoms with van der Waals surface area (Å²) in [5.41, 5.74) is 1.21. The molecule has 26 heavy (non-hydrogen) atoms. The highest BCUT2D eigenvalue weighted by Gasteiger charge is 2.12. The third-order valence-corrected chi connectivity index (χ3v) is 4.05. The van der Waals surface area contributed by atoms with Gasteiger partial charge >= 0.3 is 0 Å². The Morgan fingerprint density at radius 1 is 1.19 bits per heavy atom. The monoisotopic (exact) mass is 478 g/mol. The van der Waals surface area contributed by atoms with Gasteiger partial charge in [-0.3, -0.25) is 4.99 Å². The lowest BCUT2D eigenvalue weighted by molar-refractivity contribution is 0.161. The number of aliphatic imine (C=N–C) groups is 1. The predicted molar refractivity (Wildman–Crippen MR) is 115 cm³/mol. The lowest BCUT2D eigenvalue weighted by Crippen LogP contribution is -2.39. The Bertz CT molecular complexity index is 557. The lowest BCUT2D eigenvalue weighted by Gasteiger charge is -2.17. The number of guanidine groups is 1. The quantitative estimate of drug-likeness (QED) is 0.231. The van der Waals surface area contributed by atoms with Crippen LogP contribution in [-0.4, -0.2) is 71.6 Å². The lowest BCUT2D eigenvalue weighted by atomic mass is 10.1. The molecule has 1 aliphatic rings. The van der Waals surface area contributed by atoms with Crippen LogP contribution in [-0.2, 0) is 11.2 Å². The number of hydrogen-bond donors (Lipinski definition) is 2. The standard InChI is InChI=1S/C18H30N4O3.HI/c1-19-18(20-8-4-10-22(2)11-12-23-3)21-9-7-15-5-6-16-17(13-15)25-14-24-16;/h5-6,13H,4,7-12,14H2,1-3H3,(H2,19,20,21);1H. The van der Waals surface area contributed by atoms with E-state index < -0.39 is 0 Å². The molecule has 0 unspecified atom stereocenters. The summed E-state index contributed by atoms with van der Waals surface area (Å²) in [6.07, 6.45) is 1.96. The molecule has 0 aliphatic carbocycles. The van der Waals surface area contributed by atoms with Gasteiger partial charge < -0.3 is 29.7 Å². The van der Waals surface area contributed by atoms with Crippen LogP contribution in [0.1, 0.15) is 12.0 Å². The van der Waals surface area contributed by atoms with E-state index in [4.69, 9.17) is 14.2 Å². The minimum atomic E-state index is 0. The van der Waals surface area contributed by atoms with E-state index in [9.17, 15) is 0 Å². The average molecular weight is 478 g/mol. The molecule has 2 N–H and O–H groups in total. The molecule has 1 aromatic carbocycles. The normalized spacial score (nSPS) is 12.8. The van der Waals surface area contributed by atoms with E-state index in [1.807, 2.05) is 12.1 Å². The number of benzene rings is 1. The van der Waals surface area contributed by atoms with Gasteiger partial charge in [0.2, 0.25) is 6.79 Å². The number of nitrogens with one attached hydrogen (secondary N) is 2. The highest BCUT2D eigenvalue weighted by molar-refractivity contribution is 14.0. The van der Waals surface area contributed by atoms with Crippen LogP contribution >= 0.6 is 24.0 Å². The number of methoxy groups -OCH3 is 1. The molecule has 7 nitrogen and oxygen atoms in total. The van der Waals surface area contributed by atoms with Gasteiger partial charge in [-0.2, -0.15) is 0 Å². The maximum absolute atomic E-state index is 5.41. The van der Waals surface area contributed by atoms with Gasteiger partial charge in [-0.05, 0) is 44.1 Å². The predicted octanol–water partition coefficient (Wildman–Crippen LogP) is 1.71. The molecule has 8 heteroatoms. The fourth-order valence-corrected chi connectivity index (χ4v) is 2.56. The molecule has 0 amide bonds. The first-order valence-corrected chi connectivity index (χ1v) is 8.73. The zero-order chi connectivity index (χ0) is 17.9. The summed E-state index contributed by atoms with van der Waals surface area (Å²) in [6, 6.07) is 6.07. The van der Waals surface area contributed by atoms with E-state index in [1.165, 1.54) is 5.56 Å². The zero-order valence-corrected chi connectivity index (χ0v) is 18.2. The smallest absolute Gasteiger partial charge is 0.231 e. The van der Waals surface area contributed by atoms with Crippen molar-refractivity contribution in [2.45, 2.75) is 12.8 Å². The molecule has 1 aliphatic heterocycles. The molecule has 2 rings (SSSR count). The largest absolute Gasteiger partial charge is 0.454 e. The first-order valence-electron chi connectivity index (χ1n) is 8.73. The second kappa shape index (κ2) is 13.0. The summed E-state index contributed by atoms with van der Waals surface area (Å²) in [5.74, 6) is 2.49. The number of likely N-dealkylation sites (N-methyl/N-ethyl adjacent to an activating group) is 1. The van der Waals surface area contributed by atoms with Crippen LogP contribution in [0.4, 0.5) is 0 Å². The van der Waals surface area contributed by atoms with Crippen molar-refractivity contribution in [3.8, 4) is 11.5 Å². The molecular formula is C18H31IN4O3. The van der Waals surface area contributed by atoms with Gasteiger partial charge in [0.1, 0.15) is 0 Å². The first-order chi connectivity index (χ1) is 12.2. The summed E-state index contributed by atoms with van der Waals surface area (Å²) in [7, 11) is 5.63. The molecule has 0 radical (unpaired) electrons. The van der Waals surface area contributed by atoms with Gasteiger partial charge in [-0.25, -0.2) is 0 Å². The van der Waals surface area contributed by atoms with Crippen molar-refractivity contribution in [1.29, 1.82) is 0 Å². The Labute approximate surface area is 173 Å². The minimum absolute atomic E-state index is 0. The van der Waals surface area contributed by atoms with Crippen molar-refractivity contribution in [2.75, 3.05) is 60.8 Å². The van der Waals surface area contributed by atoms with Crippen molar-refractivity contribution >= 4 is 29.9 Å². The van der Waals surface area contributed by atoms with Gasteiger partial charge in [0.15, 0.2) is 17.5 Å². The van der Waals surface area contributed by atoms with Crippen molar-refractivity contribution < 1.29 is 14.2 Å². The van der Waals surface area contributed by atoms with Gasteiger partial charge in [0.25, 0.3) is 0 Å². The van der Waals surface area contributed by atoms with Gasteiger partial charge in [0.05, 0.1) is 6.61 Å². The summed E-state index contributed by atoms with van der Waals surface area (Å²) in [6.45, 7) is 4.78. The second-order valence-electron chi connectivity index (χ2n) is 6.01. The summed E-state index contributed by atoms with van der Waals surface area (Å²) < 4.78 is 15.8. The highest BCUT2D eigenvalue weighted by atomic mass is 127. The summed E-state index contributed by atoms with van der Waals surface area (Å²) >= 11 is 0. The Kier molecular flexibility index (Phi) is 11.4. The molecule has 0 spiro atoms.